The Morgan fingerprint density at radius 2 is 1.81 bits per heavy atom. The number of hydrogen-bond acceptors (Lipinski definition) is 7. The fourth-order valence-electron chi connectivity index (χ4n) is 3.95. The van der Waals surface area contributed by atoms with E-state index in [9.17, 15) is 4.57 Å². The van der Waals surface area contributed by atoms with E-state index in [0.717, 1.165) is 7.17 Å². The lowest BCUT2D eigenvalue weighted by Gasteiger charge is -2.25. The lowest BCUT2D eigenvalue weighted by molar-refractivity contribution is -0.0213. The van der Waals surface area contributed by atoms with Crippen molar-refractivity contribution in [3.63, 3.8) is 0 Å². The molecule has 7 nitrogen and oxygen atoms in total. The fraction of sp³-hybridized carbons (Fsp3) is 1.00. The van der Waals surface area contributed by atoms with Crippen molar-refractivity contribution in [2.75, 3.05) is 27.4 Å². The largest absolute Gasteiger partial charge is 0.386 e. The standard InChI is InChI=1S/C14H30B3O7PS/c1-7-9(5-19-3)22-13(15)12(7)24-25(18,26)21-6-10-11(20-4)8(2)14(17-16)23-10/h7-14,17H,5-6,15-16H2,1-4H3,(H,18,26)/t7-,8?,9+,10+,11+,12?,13+,14+,25?/m0/s1. The van der Waals surface area contributed by atoms with Gasteiger partial charge in [-0.15, -0.1) is 0 Å². The zero-order chi connectivity index (χ0) is 19.5. The van der Waals surface area contributed by atoms with Crippen molar-refractivity contribution < 1.29 is 32.6 Å². The van der Waals surface area contributed by atoms with Crippen molar-refractivity contribution in [3.05, 3.63) is 0 Å². The molecule has 0 aromatic rings. The first-order chi connectivity index (χ1) is 12.2. The zero-order valence-electron chi connectivity index (χ0n) is 16.5. The molecule has 0 aromatic heterocycles. The van der Waals surface area contributed by atoms with Crippen LogP contribution in [0, 0.1) is 11.8 Å². The molecule has 0 aromatic carbocycles. The molecule has 0 N–H and O–H groups in total. The predicted octanol–water partition coefficient (Wildman–Crippen LogP) is -0.573. The highest BCUT2D eigenvalue weighted by Gasteiger charge is 2.45. The molecule has 0 spiro atoms. The Kier molecular flexibility index (Phi) is 8.63. The summed E-state index contributed by atoms with van der Waals surface area (Å²) in [7, 11) is 8.13. The molecule has 2 rings (SSSR count). The van der Waals surface area contributed by atoms with E-state index in [1.165, 1.54) is 0 Å². The van der Waals surface area contributed by atoms with Gasteiger partial charge in [-0.2, -0.15) is 0 Å². The highest BCUT2D eigenvalue weighted by Crippen LogP contribution is 2.56. The van der Waals surface area contributed by atoms with Gasteiger partial charge >= 0.3 is 6.80 Å². The number of thiol groups is 1. The fourth-order valence-corrected chi connectivity index (χ4v) is 5.54. The third-order valence-corrected chi connectivity index (χ3v) is 7.05. The van der Waals surface area contributed by atoms with Crippen LogP contribution in [-0.4, -0.2) is 86.6 Å². The number of rotatable bonds is 9. The van der Waals surface area contributed by atoms with Gasteiger partial charge in [0.15, 0.2) is 0 Å². The maximum atomic E-state index is 12.7. The average molecular weight is 406 g/mol. The molecule has 0 saturated carbocycles. The number of ether oxygens (including phenoxy) is 4. The van der Waals surface area contributed by atoms with Crippen LogP contribution in [0.25, 0.3) is 0 Å². The highest BCUT2D eigenvalue weighted by molar-refractivity contribution is 8.44. The van der Waals surface area contributed by atoms with Gasteiger partial charge < -0.3 is 18.9 Å². The third kappa shape index (κ3) is 5.32. The first-order valence-corrected chi connectivity index (χ1v) is 11.9. The van der Waals surface area contributed by atoms with Gasteiger partial charge in [-0.25, -0.2) is 4.57 Å². The first kappa shape index (κ1) is 22.8. The molecule has 9 atom stereocenters. The van der Waals surface area contributed by atoms with E-state index in [4.69, 9.17) is 28.0 Å². The summed E-state index contributed by atoms with van der Waals surface area (Å²) in [5, 5.41) is 0. The second kappa shape index (κ2) is 9.83. The smallest absolute Gasteiger partial charge is 0.382 e. The Bertz CT molecular complexity index is 505. The van der Waals surface area contributed by atoms with Crippen molar-refractivity contribution in [1.29, 1.82) is 0 Å². The van der Waals surface area contributed by atoms with Gasteiger partial charge in [0.1, 0.15) is 21.1 Å². The van der Waals surface area contributed by atoms with Crippen LogP contribution < -0.4 is 0 Å². The van der Waals surface area contributed by atoms with Crippen LogP contribution in [0.4, 0.5) is 0 Å². The summed E-state index contributed by atoms with van der Waals surface area (Å²) in [6, 6.07) is -0.111. The molecule has 2 aliphatic rings. The first-order valence-electron chi connectivity index (χ1n) is 9.22. The van der Waals surface area contributed by atoms with Gasteiger partial charge in [0.05, 0.1) is 45.3 Å². The van der Waals surface area contributed by atoms with Crippen LogP contribution in [0.5, 0.6) is 0 Å². The monoisotopic (exact) mass is 406 g/mol. The molecule has 0 aliphatic carbocycles. The molecule has 148 valence electrons. The van der Waals surface area contributed by atoms with Gasteiger partial charge in [-0.05, 0) is 0 Å². The molecule has 26 heavy (non-hydrogen) atoms. The SMILES string of the molecule is BB[C@@H]1O[C@H](COP(=O)(S)OC2[C@H](B)O[C@H](COC)[C@@H]2C)[C@H](OC)C1C. The quantitative estimate of drug-likeness (QED) is 0.313. The Labute approximate surface area is 164 Å². The van der Waals surface area contributed by atoms with Crippen LogP contribution >= 0.6 is 19.0 Å². The minimum Gasteiger partial charge on any atom is -0.382 e. The van der Waals surface area contributed by atoms with Crippen molar-refractivity contribution in [2.45, 2.75) is 50.3 Å². The van der Waals surface area contributed by atoms with E-state index < -0.39 is 6.80 Å². The molecule has 3 unspecified atom stereocenters. The minimum atomic E-state index is -3.56. The minimum absolute atomic E-state index is 0.0213. The van der Waals surface area contributed by atoms with E-state index in [2.05, 4.69) is 26.9 Å². The van der Waals surface area contributed by atoms with E-state index in [0.29, 0.717) is 6.61 Å². The van der Waals surface area contributed by atoms with E-state index in [1.807, 2.05) is 14.8 Å². The maximum absolute atomic E-state index is 12.7. The molecule has 2 heterocycles. The normalized spacial score (nSPS) is 42.7. The Balaban J connectivity index is 1.91. The molecule has 0 radical (unpaired) electrons. The summed E-state index contributed by atoms with van der Waals surface area (Å²) in [6.45, 7) is 1.09. The van der Waals surface area contributed by atoms with Crippen molar-refractivity contribution in [2.24, 2.45) is 11.8 Å². The van der Waals surface area contributed by atoms with Crippen LogP contribution in [0.2, 0.25) is 0 Å². The zero-order valence-corrected chi connectivity index (χ0v) is 18.3. The summed E-state index contributed by atoms with van der Waals surface area (Å²) in [5.41, 5.74) is 0. The lowest BCUT2D eigenvalue weighted by atomic mass is 9.49. The average Bonchev–Trinajstić information content (AvgIpc) is 3.04. The molecular formula is C14H30B3O7PS. The molecular weight excluding hydrogens is 376 g/mol. The topological polar surface area (TPSA) is 72.5 Å². The second-order valence-corrected chi connectivity index (χ2v) is 10.1. The molecule has 2 aliphatic heterocycles. The summed E-state index contributed by atoms with van der Waals surface area (Å²) < 4.78 is 46.5. The van der Waals surface area contributed by atoms with Gasteiger partial charge in [0, 0.05) is 32.1 Å². The molecule has 0 amide bonds. The van der Waals surface area contributed by atoms with Crippen molar-refractivity contribution in [3.8, 4) is 0 Å². The number of methoxy groups -OCH3 is 2. The molecule has 2 fully saturated rings. The van der Waals surface area contributed by atoms with Crippen LogP contribution in [0.15, 0.2) is 0 Å². The summed E-state index contributed by atoms with van der Waals surface area (Å²) in [4.78, 5) is 0. The van der Waals surface area contributed by atoms with Gasteiger partial charge in [0.2, 0.25) is 0 Å². The van der Waals surface area contributed by atoms with Gasteiger partial charge in [-0.3, -0.25) is 9.05 Å². The molecule has 12 heteroatoms. The van der Waals surface area contributed by atoms with E-state index in [1.54, 1.807) is 14.2 Å². The van der Waals surface area contributed by atoms with Crippen LogP contribution in [0.1, 0.15) is 13.8 Å². The highest BCUT2D eigenvalue weighted by atomic mass is 32.7. The van der Waals surface area contributed by atoms with Crippen LogP contribution in [-0.2, 0) is 32.6 Å². The summed E-state index contributed by atoms with van der Waals surface area (Å²) in [5.74, 6) is 0.268. The van der Waals surface area contributed by atoms with E-state index in [-0.39, 0.29) is 54.9 Å². The summed E-state index contributed by atoms with van der Waals surface area (Å²) in [6.07, 6.45) is -0.869. The maximum Gasteiger partial charge on any atom is 0.386 e. The van der Waals surface area contributed by atoms with Gasteiger partial charge in [-0.1, -0.05) is 26.1 Å². The molecule has 2 saturated heterocycles. The van der Waals surface area contributed by atoms with Crippen molar-refractivity contribution >= 4 is 41.8 Å². The second-order valence-electron chi connectivity index (χ2n) is 7.21. The number of hydrogen-bond donors (Lipinski definition) is 1. The molecule has 0 bridgehead atoms. The van der Waals surface area contributed by atoms with Crippen molar-refractivity contribution in [1.82, 2.24) is 0 Å². The third-order valence-electron chi connectivity index (χ3n) is 5.44. The van der Waals surface area contributed by atoms with Crippen LogP contribution in [0.3, 0.4) is 0 Å². The Morgan fingerprint density at radius 3 is 2.38 bits per heavy atom. The van der Waals surface area contributed by atoms with Gasteiger partial charge in [0.25, 0.3) is 0 Å². The van der Waals surface area contributed by atoms with E-state index >= 15 is 0 Å². The summed E-state index contributed by atoms with van der Waals surface area (Å²) >= 11 is 4.15. The Hall–Kier alpha value is 0.535. The predicted molar refractivity (Wildman–Crippen MR) is 110 cm³/mol. The Morgan fingerprint density at radius 1 is 1.12 bits per heavy atom. The lowest BCUT2D eigenvalue weighted by Crippen LogP contribution is -2.32.